The number of carbonyl (C=O) groups is 1. The Labute approximate surface area is 295 Å². The number of rotatable bonds is 19. The van der Waals surface area contributed by atoms with Crippen LogP contribution in [0.2, 0.25) is 0 Å². The summed E-state index contributed by atoms with van der Waals surface area (Å²) in [6.07, 6.45) is 7.16. The minimum Gasteiger partial charge on any atom is -0.493 e. The largest absolute Gasteiger partial charge is 0.493 e. The van der Waals surface area contributed by atoms with Crippen molar-refractivity contribution >= 4 is 26.2 Å². The Morgan fingerprint density at radius 2 is 1.22 bits per heavy atom. The van der Waals surface area contributed by atoms with Crippen LogP contribution in [0.5, 0.6) is 17.2 Å². The van der Waals surface area contributed by atoms with Gasteiger partial charge in [-0.1, -0.05) is 90.3 Å². The summed E-state index contributed by atoms with van der Waals surface area (Å²) in [4.78, 5) is 15.5. The maximum absolute atomic E-state index is 14.9. The summed E-state index contributed by atoms with van der Waals surface area (Å²) in [6, 6.07) is 22.8. The highest BCUT2D eigenvalue weighted by Crippen LogP contribution is 2.75. The minimum absolute atomic E-state index is 0.0294. The molecule has 268 valence electrons. The summed E-state index contributed by atoms with van der Waals surface area (Å²) >= 11 is 0. The first-order chi connectivity index (χ1) is 23.5. The molecular weight excluding hydrogens is 657 g/mol. The molecule has 2 aliphatic carbocycles. The van der Waals surface area contributed by atoms with Crippen LogP contribution in [0.4, 0.5) is 0 Å². The van der Waals surface area contributed by atoms with Crippen LogP contribution in [0.25, 0.3) is 0 Å². The second-order valence-corrected chi connectivity index (χ2v) is 18.4. The van der Waals surface area contributed by atoms with Crippen molar-refractivity contribution in [3.8, 4) is 17.2 Å². The number of carbonyl (C=O) groups excluding carboxylic acids is 1. The molecule has 49 heavy (non-hydrogen) atoms. The maximum Gasteiger partial charge on any atom is 0.278 e. The summed E-state index contributed by atoms with van der Waals surface area (Å²) < 4.78 is 56.0. The quantitative estimate of drug-likeness (QED) is 0.114. The van der Waals surface area contributed by atoms with Gasteiger partial charge in [-0.3, -0.25) is 4.79 Å². The van der Waals surface area contributed by atoms with Gasteiger partial charge in [-0.25, -0.2) is 3.63 Å². The monoisotopic (exact) mass is 710 g/mol. The van der Waals surface area contributed by atoms with Gasteiger partial charge in [-0.15, -0.1) is 0 Å². The van der Waals surface area contributed by atoms with E-state index < -0.39 is 31.3 Å². The second kappa shape index (κ2) is 15.9. The molecule has 5 rings (SSSR count). The number of benzene rings is 3. The van der Waals surface area contributed by atoms with Crippen molar-refractivity contribution in [3.63, 3.8) is 0 Å². The van der Waals surface area contributed by atoms with E-state index in [1.807, 2.05) is 72.8 Å². The van der Waals surface area contributed by atoms with Crippen molar-refractivity contribution in [2.45, 2.75) is 107 Å². The van der Waals surface area contributed by atoms with Gasteiger partial charge in [0.2, 0.25) is 0 Å². The zero-order valence-corrected chi connectivity index (χ0v) is 31.5. The zero-order chi connectivity index (χ0) is 35.1. The normalized spacial score (nSPS) is 20.3. The van der Waals surface area contributed by atoms with Crippen molar-refractivity contribution in [2.75, 3.05) is 25.6 Å². The van der Waals surface area contributed by atoms with Crippen LogP contribution in [-0.2, 0) is 18.5 Å². The van der Waals surface area contributed by atoms with Crippen molar-refractivity contribution in [1.82, 2.24) is 0 Å². The van der Waals surface area contributed by atoms with Crippen LogP contribution in [0.3, 0.4) is 0 Å². The first-order valence-electron chi connectivity index (χ1n) is 18.0. The Bertz CT molecular complexity index is 1590. The Kier molecular flexibility index (Phi) is 12.1. The first kappa shape index (κ1) is 37.3. The van der Waals surface area contributed by atoms with E-state index >= 15 is 0 Å². The zero-order valence-electron chi connectivity index (χ0n) is 29.9. The van der Waals surface area contributed by atoms with Crippen LogP contribution >= 0.6 is 10.3 Å². The molecule has 9 heteroatoms. The SMILES string of the molecule is CCCCOc1cc(OCCCC)c(S(OS(=O)(=O)CC23CCC(CC2=O)C3(C)C)(c2ccccc2)c2ccccc2)c(OCCCC)c1. The fourth-order valence-electron chi connectivity index (χ4n) is 7.42. The molecule has 2 fully saturated rings. The van der Waals surface area contributed by atoms with Gasteiger partial charge < -0.3 is 14.2 Å². The van der Waals surface area contributed by atoms with Gasteiger partial charge in [0.25, 0.3) is 10.1 Å². The van der Waals surface area contributed by atoms with Crippen LogP contribution in [0.15, 0.2) is 87.5 Å². The summed E-state index contributed by atoms with van der Waals surface area (Å²) in [6.45, 7) is 11.8. The van der Waals surface area contributed by atoms with Gasteiger partial charge in [0.05, 0.1) is 31.0 Å². The lowest BCUT2D eigenvalue weighted by molar-refractivity contribution is -0.128. The lowest BCUT2D eigenvalue weighted by Gasteiger charge is -2.42. The Morgan fingerprint density at radius 1 is 0.735 bits per heavy atom. The van der Waals surface area contributed by atoms with Crippen LogP contribution < -0.4 is 14.2 Å². The molecule has 2 bridgehead atoms. The molecule has 2 atom stereocenters. The minimum atomic E-state index is -4.35. The first-order valence-corrected chi connectivity index (χ1v) is 21.1. The van der Waals surface area contributed by atoms with E-state index in [-0.39, 0.29) is 17.5 Å². The molecule has 0 N–H and O–H groups in total. The van der Waals surface area contributed by atoms with E-state index in [1.165, 1.54) is 0 Å². The average molecular weight is 711 g/mol. The van der Waals surface area contributed by atoms with Crippen LogP contribution in [0.1, 0.15) is 92.4 Å². The molecule has 2 aliphatic rings. The van der Waals surface area contributed by atoms with Gasteiger partial charge >= 0.3 is 0 Å². The second-order valence-electron chi connectivity index (χ2n) is 14.0. The van der Waals surface area contributed by atoms with Gasteiger partial charge in [0.1, 0.15) is 27.9 Å². The van der Waals surface area contributed by atoms with Crippen molar-refractivity contribution in [3.05, 3.63) is 72.8 Å². The van der Waals surface area contributed by atoms with Crippen molar-refractivity contribution in [1.29, 1.82) is 0 Å². The Hall–Kier alpha value is -3.01. The topological polar surface area (TPSA) is 88.1 Å². The molecule has 2 unspecified atom stereocenters. The third-order valence-electron chi connectivity index (χ3n) is 10.5. The molecule has 0 amide bonds. The molecule has 0 spiro atoms. The number of fused-ring (bicyclic) bond motifs is 2. The number of unbranched alkanes of at least 4 members (excludes halogenated alkanes) is 3. The summed E-state index contributed by atoms with van der Waals surface area (Å²) in [5.41, 5.74) is -1.44. The number of hydrogen-bond donors (Lipinski definition) is 0. The number of hydrogen-bond acceptors (Lipinski definition) is 7. The van der Waals surface area contributed by atoms with Gasteiger partial charge in [0.15, 0.2) is 0 Å². The lowest BCUT2D eigenvalue weighted by atomic mass is 9.70. The highest BCUT2D eigenvalue weighted by Gasteiger charge is 2.66. The summed E-state index contributed by atoms with van der Waals surface area (Å²) in [5.74, 6) is 1.38. The van der Waals surface area contributed by atoms with E-state index in [4.69, 9.17) is 17.8 Å². The third kappa shape index (κ3) is 7.54. The number of ketones is 1. The lowest BCUT2D eigenvalue weighted by Crippen LogP contribution is -2.42. The van der Waals surface area contributed by atoms with E-state index in [1.54, 1.807) is 0 Å². The van der Waals surface area contributed by atoms with E-state index in [2.05, 4.69) is 34.6 Å². The fourth-order valence-corrected chi connectivity index (χ4v) is 13.7. The van der Waals surface area contributed by atoms with Crippen LogP contribution in [0, 0.1) is 16.7 Å². The molecule has 0 saturated heterocycles. The molecule has 0 radical (unpaired) electrons. The molecule has 2 saturated carbocycles. The molecule has 7 nitrogen and oxygen atoms in total. The molecule has 3 aromatic rings. The van der Waals surface area contributed by atoms with Crippen LogP contribution in [-0.4, -0.2) is 39.8 Å². The number of Topliss-reactive ketones (excluding diaryl/α,β-unsaturated/α-hetero) is 1. The maximum atomic E-state index is 14.9. The Morgan fingerprint density at radius 3 is 1.65 bits per heavy atom. The fraction of sp³-hybridized carbons (Fsp3) is 0.525. The smallest absolute Gasteiger partial charge is 0.278 e. The summed E-state index contributed by atoms with van der Waals surface area (Å²) in [5, 5.41) is 0. The highest BCUT2D eigenvalue weighted by molar-refractivity contribution is 8.33. The standard InChI is InChI=1S/C40H54O7S2/c1-6-9-24-44-32-28-35(45-25-10-7-2)38(36(29-32)46-26-11-8-3)49(33-18-14-12-15-19-33,34-20-16-13-17-21-34)47-48(42,43)30-40-23-22-31(27-37(40)41)39(40,4)5/h12-21,28-29,31H,6-11,22-27,30H2,1-5H3. The predicted molar refractivity (Wildman–Crippen MR) is 196 cm³/mol. The molecule has 0 aliphatic heterocycles. The summed E-state index contributed by atoms with van der Waals surface area (Å²) in [7, 11) is -7.44. The molecular formula is C40H54O7S2. The molecule has 0 heterocycles. The van der Waals surface area contributed by atoms with Crippen molar-refractivity contribution < 1.29 is 31.1 Å². The van der Waals surface area contributed by atoms with E-state index in [0.29, 0.717) is 64.6 Å². The van der Waals surface area contributed by atoms with Gasteiger partial charge in [-0.2, -0.15) is 8.42 Å². The Balaban J connectivity index is 1.78. The number of ether oxygens (including phenoxy) is 3. The predicted octanol–water partition coefficient (Wildman–Crippen LogP) is 10.2. The highest BCUT2D eigenvalue weighted by atomic mass is 32.3. The van der Waals surface area contributed by atoms with Crippen molar-refractivity contribution in [2.24, 2.45) is 16.7 Å². The van der Waals surface area contributed by atoms with E-state index in [0.717, 1.165) is 44.9 Å². The van der Waals surface area contributed by atoms with Gasteiger partial charge in [0, 0.05) is 28.3 Å². The van der Waals surface area contributed by atoms with E-state index in [9.17, 15) is 13.2 Å². The molecule has 3 aromatic carbocycles. The van der Waals surface area contributed by atoms with Gasteiger partial charge in [-0.05, 0) is 78.0 Å². The molecule has 0 aromatic heterocycles. The average Bonchev–Trinajstić information content (AvgIpc) is 3.43. The third-order valence-corrected chi connectivity index (χ3v) is 15.8.